The molecule has 0 spiro atoms. The molecule has 0 aliphatic heterocycles. The highest BCUT2D eigenvalue weighted by molar-refractivity contribution is 6.30. The molecule has 1 aromatic carbocycles. The van der Waals surface area contributed by atoms with Gasteiger partial charge in [0.2, 0.25) is 0 Å². The van der Waals surface area contributed by atoms with E-state index in [1.165, 1.54) is 4.57 Å². The third-order valence-corrected chi connectivity index (χ3v) is 3.49. The first-order valence-electron chi connectivity index (χ1n) is 6.08. The van der Waals surface area contributed by atoms with Gasteiger partial charge in [0.15, 0.2) is 5.78 Å². The summed E-state index contributed by atoms with van der Waals surface area (Å²) in [5.74, 6) is -2.02. The number of benzene rings is 1. The molecule has 1 heterocycles. The van der Waals surface area contributed by atoms with E-state index in [-0.39, 0.29) is 22.9 Å². The first-order valence-corrected chi connectivity index (χ1v) is 6.61. The van der Waals surface area contributed by atoms with Gasteiger partial charge >= 0.3 is 0 Å². The molecule has 21 heavy (non-hydrogen) atoms. The third kappa shape index (κ3) is 2.55. The lowest BCUT2D eigenvalue weighted by molar-refractivity contribution is 0.102. The molecule has 0 saturated carbocycles. The van der Waals surface area contributed by atoms with E-state index >= 15 is 0 Å². The quantitative estimate of drug-likeness (QED) is 0.641. The van der Waals surface area contributed by atoms with Crippen molar-refractivity contribution in [1.82, 2.24) is 4.57 Å². The van der Waals surface area contributed by atoms with Gasteiger partial charge in [-0.15, -0.1) is 11.6 Å². The number of carbonyl (C=O) groups excluding carboxylic acids is 1. The molecule has 0 atom stereocenters. The van der Waals surface area contributed by atoms with E-state index in [9.17, 15) is 13.6 Å². The first kappa shape index (κ1) is 15.2. The maximum Gasteiger partial charge on any atom is 0.179 e. The number of alkyl halides is 1. The van der Waals surface area contributed by atoms with Crippen molar-refractivity contribution in [3.8, 4) is 11.8 Å². The summed E-state index contributed by atoms with van der Waals surface area (Å²) in [5.41, 5.74) is 1.00. The van der Waals surface area contributed by atoms with Crippen molar-refractivity contribution in [3.63, 3.8) is 0 Å². The number of hydrogen-bond acceptors (Lipinski definition) is 2. The van der Waals surface area contributed by atoms with Crippen LogP contribution in [0.4, 0.5) is 8.78 Å². The molecule has 108 valence electrons. The van der Waals surface area contributed by atoms with E-state index in [4.69, 9.17) is 16.9 Å². The van der Waals surface area contributed by atoms with Crippen LogP contribution >= 0.6 is 11.6 Å². The van der Waals surface area contributed by atoms with Crippen molar-refractivity contribution in [2.75, 3.05) is 5.88 Å². The lowest BCUT2D eigenvalue weighted by atomic mass is 10.1. The number of halogens is 3. The van der Waals surface area contributed by atoms with Crippen molar-refractivity contribution < 1.29 is 13.6 Å². The van der Waals surface area contributed by atoms with E-state index in [0.717, 1.165) is 12.1 Å². The number of Topliss-reactive ketones (excluding diaryl/α,β-unsaturated/α-hetero) is 1. The van der Waals surface area contributed by atoms with Crippen LogP contribution < -0.4 is 0 Å². The zero-order valence-corrected chi connectivity index (χ0v) is 12.1. The summed E-state index contributed by atoms with van der Waals surface area (Å²) in [5, 5.41) is 8.70. The minimum absolute atomic E-state index is 0.0462. The van der Waals surface area contributed by atoms with Crippen LogP contribution in [0.25, 0.3) is 5.69 Å². The van der Waals surface area contributed by atoms with Gasteiger partial charge in [-0.3, -0.25) is 4.79 Å². The number of carbonyl (C=O) groups is 1. The van der Waals surface area contributed by atoms with Crippen LogP contribution in [-0.4, -0.2) is 16.2 Å². The molecule has 0 N–H and O–H groups in total. The Morgan fingerprint density at radius 1 is 1.29 bits per heavy atom. The van der Waals surface area contributed by atoms with Crippen LogP contribution in [0.2, 0.25) is 0 Å². The van der Waals surface area contributed by atoms with E-state index < -0.39 is 11.6 Å². The Balaban J connectivity index is 2.69. The molecule has 3 nitrogen and oxygen atoms in total. The van der Waals surface area contributed by atoms with Crippen molar-refractivity contribution in [3.05, 3.63) is 52.3 Å². The molecule has 2 rings (SSSR count). The number of aromatic nitrogens is 1. The zero-order valence-electron chi connectivity index (χ0n) is 11.4. The van der Waals surface area contributed by atoms with Gasteiger partial charge in [0.05, 0.1) is 17.1 Å². The number of aryl methyl sites for hydroxylation is 1. The minimum Gasteiger partial charge on any atom is -0.315 e. The van der Waals surface area contributed by atoms with Gasteiger partial charge in [-0.25, -0.2) is 8.78 Å². The number of nitriles is 1. The highest BCUT2D eigenvalue weighted by Gasteiger charge is 2.19. The largest absolute Gasteiger partial charge is 0.315 e. The van der Waals surface area contributed by atoms with Crippen molar-refractivity contribution in [2.24, 2.45) is 0 Å². The summed E-state index contributed by atoms with van der Waals surface area (Å²) < 4.78 is 29.3. The Morgan fingerprint density at radius 3 is 2.52 bits per heavy atom. The van der Waals surface area contributed by atoms with Gasteiger partial charge in [0.1, 0.15) is 17.7 Å². The van der Waals surface area contributed by atoms with Crippen LogP contribution in [0, 0.1) is 36.8 Å². The van der Waals surface area contributed by atoms with Gasteiger partial charge in [-0.1, -0.05) is 0 Å². The predicted octanol–water partition coefficient (Wildman–Crippen LogP) is 3.67. The van der Waals surface area contributed by atoms with Crippen LogP contribution in [0.1, 0.15) is 27.3 Å². The van der Waals surface area contributed by atoms with E-state index in [1.807, 2.05) is 0 Å². The Kier molecular flexibility index (Phi) is 4.10. The van der Waals surface area contributed by atoms with E-state index in [0.29, 0.717) is 17.0 Å². The van der Waals surface area contributed by atoms with Gasteiger partial charge in [-0.05, 0) is 26.0 Å². The molecule has 2 aromatic rings. The molecule has 0 amide bonds. The molecule has 0 fully saturated rings. The summed E-state index contributed by atoms with van der Waals surface area (Å²) >= 11 is 5.53. The van der Waals surface area contributed by atoms with E-state index in [1.54, 1.807) is 26.0 Å². The number of hydrogen-bond donors (Lipinski definition) is 0. The van der Waals surface area contributed by atoms with Crippen LogP contribution in [-0.2, 0) is 0 Å². The van der Waals surface area contributed by atoms with E-state index in [2.05, 4.69) is 0 Å². The topological polar surface area (TPSA) is 45.8 Å². The lowest BCUT2D eigenvalue weighted by Crippen LogP contribution is -2.06. The molecule has 6 heteroatoms. The highest BCUT2D eigenvalue weighted by Crippen LogP contribution is 2.25. The fourth-order valence-corrected chi connectivity index (χ4v) is 2.43. The number of nitrogens with zero attached hydrogens (tertiary/aromatic N) is 2. The molecular weight excluding hydrogens is 298 g/mol. The highest BCUT2D eigenvalue weighted by atomic mass is 35.5. The average molecular weight is 309 g/mol. The van der Waals surface area contributed by atoms with Gasteiger partial charge in [-0.2, -0.15) is 5.26 Å². The maximum absolute atomic E-state index is 14.1. The summed E-state index contributed by atoms with van der Waals surface area (Å²) in [7, 11) is 0. The van der Waals surface area contributed by atoms with Gasteiger partial charge in [0.25, 0.3) is 0 Å². The normalized spacial score (nSPS) is 10.5. The van der Waals surface area contributed by atoms with Crippen LogP contribution in [0.5, 0.6) is 0 Å². The molecule has 0 saturated heterocycles. The maximum atomic E-state index is 14.1. The molecule has 1 aromatic heterocycles. The summed E-state index contributed by atoms with van der Waals surface area (Å²) in [6, 6.07) is 4.95. The second-order valence-corrected chi connectivity index (χ2v) is 4.84. The lowest BCUT2D eigenvalue weighted by Gasteiger charge is -2.11. The third-order valence-electron chi connectivity index (χ3n) is 3.25. The zero-order chi connectivity index (χ0) is 15.7. The smallest absolute Gasteiger partial charge is 0.179 e. The Hall–Kier alpha value is -2.19. The average Bonchev–Trinajstić information content (AvgIpc) is 2.75. The summed E-state index contributed by atoms with van der Waals surface area (Å²) in [6.07, 6.45) is 0. The van der Waals surface area contributed by atoms with Crippen molar-refractivity contribution in [1.29, 1.82) is 5.26 Å². The van der Waals surface area contributed by atoms with Crippen LogP contribution in [0.15, 0.2) is 18.2 Å². The second-order valence-electron chi connectivity index (χ2n) is 4.57. The van der Waals surface area contributed by atoms with Gasteiger partial charge < -0.3 is 4.57 Å². The Labute approximate surface area is 125 Å². The molecule has 0 aliphatic carbocycles. The second kappa shape index (κ2) is 5.66. The molecule has 0 aliphatic rings. The fraction of sp³-hybridized carbons (Fsp3) is 0.200. The molecular formula is C15H11ClF2N2O. The standard InChI is InChI=1S/C15H11ClF2N2O/c1-8-3-11(15(21)6-16)9(2)20(8)14-5-12(17)10(7-19)4-13(14)18/h3-5H,6H2,1-2H3. The number of rotatable bonds is 3. The molecule has 0 unspecified atom stereocenters. The Bertz CT molecular complexity index is 775. The van der Waals surface area contributed by atoms with Gasteiger partial charge in [0, 0.05) is 23.0 Å². The van der Waals surface area contributed by atoms with Crippen molar-refractivity contribution >= 4 is 17.4 Å². The summed E-state index contributed by atoms with van der Waals surface area (Å²) in [4.78, 5) is 11.7. The summed E-state index contributed by atoms with van der Waals surface area (Å²) in [6.45, 7) is 3.30. The SMILES string of the molecule is Cc1cc(C(=O)CCl)c(C)n1-c1cc(F)c(C#N)cc1F. The Morgan fingerprint density at radius 2 is 1.95 bits per heavy atom. The fourth-order valence-electron chi connectivity index (χ4n) is 2.28. The first-order chi connectivity index (χ1) is 9.90. The number of ketones is 1. The molecule has 0 bridgehead atoms. The van der Waals surface area contributed by atoms with Crippen molar-refractivity contribution in [2.45, 2.75) is 13.8 Å². The minimum atomic E-state index is -0.813. The van der Waals surface area contributed by atoms with Crippen LogP contribution in [0.3, 0.4) is 0 Å². The molecule has 0 radical (unpaired) electrons. The predicted molar refractivity (Wildman–Crippen MR) is 74.9 cm³/mol. The monoisotopic (exact) mass is 308 g/mol.